The van der Waals surface area contributed by atoms with Crippen molar-refractivity contribution in [2.24, 2.45) is 11.5 Å². The molecule has 5 N–H and O–H groups in total. The molecule has 27 heavy (non-hydrogen) atoms. The van der Waals surface area contributed by atoms with E-state index in [1.54, 1.807) is 0 Å². The van der Waals surface area contributed by atoms with E-state index in [4.69, 9.17) is 16.2 Å². The molecule has 0 radical (unpaired) electrons. The van der Waals surface area contributed by atoms with E-state index in [2.05, 4.69) is 0 Å². The SMILES string of the molecule is Cc1ccc([N+]2(c3ccc(CN)cc3)CCOC(C(O)C(N)=O)C2=O)cc1. The summed E-state index contributed by atoms with van der Waals surface area (Å²) in [5.74, 6) is -1.42. The number of carbonyl (C=O) groups excluding carboxylic acids is 2. The predicted octanol–water partition coefficient (Wildman–Crippen LogP) is 0.864. The summed E-state index contributed by atoms with van der Waals surface area (Å²) < 4.78 is 5.28. The Morgan fingerprint density at radius 3 is 2.26 bits per heavy atom. The highest BCUT2D eigenvalue weighted by atomic mass is 16.5. The first kappa shape index (κ1) is 19.2. The number of carbonyl (C=O) groups is 2. The van der Waals surface area contributed by atoms with Crippen LogP contribution in [0, 0.1) is 6.92 Å². The van der Waals surface area contributed by atoms with Crippen molar-refractivity contribution in [1.29, 1.82) is 0 Å². The smallest absolute Gasteiger partial charge is 0.356 e. The van der Waals surface area contributed by atoms with Crippen LogP contribution in [0.15, 0.2) is 48.5 Å². The number of amides is 2. The van der Waals surface area contributed by atoms with Gasteiger partial charge in [-0.2, -0.15) is 4.48 Å². The van der Waals surface area contributed by atoms with E-state index in [9.17, 15) is 14.7 Å². The monoisotopic (exact) mass is 370 g/mol. The van der Waals surface area contributed by atoms with Gasteiger partial charge in [0.2, 0.25) is 12.0 Å². The highest BCUT2D eigenvalue weighted by molar-refractivity contribution is 6.01. The molecule has 0 bridgehead atoms. The van der Waals surface area contributed by atoms with Gasteiger partial charge in [-0.25, -0.2) is 4.79 Å². The molecule has 0 spiro atoms. The fourth-order valence-corrected chi connectivity index (χ4v) is 3.44. The number of morpholine rings is 1. The fourth-order valence-electron chi connectivity index (χ4n) is 3.44. The van der Waals surface area contributed by atoms with Crippen molar-refractivity contribution in [3.63, 3.8) is 0 Å². The van der Waals surface area contributed by atoms with Gasteiger partial charge in [0.05, 0.1) is 6.61 Å². The Labute approximate surface area is 157 Å². The molecular formula is C20H24N3O4+. The second-order valence-corrected chi connectivity index (χ2v) is 6.72. The van der Waals surface area contributed by atoms with E-state index < -0.39 is 24.0 Å². The first-order valence-electron chi connectivity index (χ1n) is 8.78. The van der Waals surface area contributed by atoms with Gasteiger partial charge < -0.3 is 21.3 Å². The van der Waals surface area contributed by atoms with Gasteiger partial charge in [-0.3, -0.25) is 4.79 Å². The van der Waals surface area contributed by atoms with Crippen LogP contribution in [-0.4, -0.2) is 42.3 Å². The van der Waals surface area contributed by atoms with Crippen molar-refractivity contribution in [1.82, 2.24) is 4.48 Å². The number of aryl methyl sites for hydroxylation is 1. The summed E-state index contributed by atoms with van der Waals surface area (Å²) in [4.78, 5) is 25.0. The highest BCUT2D eigenvalue weighted by Crippen LogP contribution is 2.38. The van der Waals surface area contributed by atoms with Crippen molar-refractivity contribution in [2.45, 2.75) is 25.7 Å². The van der Waals surface area contributed by atoms with Gasteiger partial charge in [-0.1, -0.05) is 29.8 Å². The van der Waals surface area contributed by atoms with Crippen LogP contribution in [0.4, 0.5) is 11.4 Å². The van der Waals surface area contributed by atoms with Crippen LogP contribution >= 0.6 is 0 Å². The number of quaternary nitrogens is 1. The molecule has 0 aliphatic carbocycles. The molecule has 2 aromatic carbocycles. The van der Waals surface area contributed by atoms with Gasteiger partial charge in [0, 0.05) is 30.8 Å². The first-order chi connectivity index (χ1) is 12.9. The summed E-state index contributed by atoms with van der Waals surface area (Å²) >= 11 is 0. The third kappa shape index (κ3) is 3.38. The Balaban J connectivity index is 2.16. The number of hydrogen-bond donors (Lipinski definition) is 3. The molecule has 1 fully saturated rings. The molecule has 7 heteroatoms. The molecule has 0 aromatic heterocycles. The lowest BCUT2D eigenvalue weighted by molar-refractivity contribution is -0.162. The van der Waals surface area contributed by atoms with Crippen molar-refractivity contribution in [2.75, 3.05) is 13.2 Å². The van der Waals surface area contributed by atoms with Gasteiger partial charge in [-0.15, -0.1) is 0 Å². The predicted molar refractivity (Wildman–Crippen MR) is 102 cm³/mol. The van der Waals surface area contributed by atoms with E-state index in [0.29, 0.717) is 18.8 Å². The Bertz CT molecular complexity index is 835. The van der Waals surface area contributed by atoms with Crippen LogP contribution in [-0.2, 0) is 20.9 Å². The average molecular weight is 370 g/mol. The molecule has 1 saturated heterocycles. The summed E-state index contributed by atoms with van der Waals surface area (Å²) in [5.41, 5.74) is 14.3. The second kappa shape index (κ2) is 7.58. The molecule has 1 heterocycles. The molecule has 1 aliphatic heterocycles. The zero-order chi connectivity index (χ0) is 19.6. The number of primary amides is 1. The second-order valence-electron chi connectivity index (χ2n) is 6.72. The van der Waals surface area contributed by atoms with Crippen molar-refractivity contribution in [3.8, 4) is 0 Å². The van der Waals surface area contributed by atoms with Crippen LogP contribution in [0.3, 0.4) is 0 Å². The summed E-state index contributed by atoms with van der Waals surface area (Å²) in [6.07, 6.45) is -3.03. The lowest BCUT2D eigenvalue weighted by Crippen LogP contribution is -2.64. The van der Waals surface area contributed by atoms with Gasteiger partial charge in [0.15, 0.2) is 6.10 Å². The molecule has 2 aromatic rings. The third-order valence-electron chi connectivity index (χ3n) is 5.01. The molecule has 1 aliphatic rings. The molecule has 3 atom stereocenters. The molecule has 7 nitrogen and oxygen atoms in total. The molecule has 142 valence electrons. The van der Waals surface area contributed by atoms with Crippen LogP contribution in [0.1, 0.15) is 11.1 Å². The minimum Gasteiger partial charge on any atom is -0.380 e. The Morgan fingerprint density at radius 1 is 1.19 bits per heavy atom. The van der Waals surface area contributed by atoms with Crippen LogP contribution in [0.25, 0.3) is 0 Å². The topological polar surface area (TPSA) is 116 Å². The summed E-state index contributed by atoms with van der Waals surface area (Å²) in [6, 6.07) is 15.0. The van der Waals surface area contributed by atoms with Crippen LogP contribution in [0.5, 0.6) is 0 Å². The quantitative estimate of drug-likeness (QED) is 0.675. The summed E-state index contributed by atoms with van der Waals surface area (Å²) in [5, 5.41) is 10.1. The number of benzene rings is 2. The number of nitrogens with two attached hydrogens (primary N) is 2. The lowest BCUT2D eigenvalue weighted by atomic mass is 10.0. The standard InChI is InChI=1S/C20H23N3O4/c1-13-2-6-15(7-3-13)23(16-8-4-14(12-21)5-9-16)10-11-27-18(20(23)26)17(24)19(22)25/h2-9,17-18,24H,10-12,21H2,1H3,(H-,22,25)/p+1. The molecule has 3 unspecified atom stereocenters. The first-order valence-corrected chi connectivity index (χ1v) is 8.78. The number of aliphatic hydroxyl groups is 1. The Kier molecular flexibility index (Phi) is 5.38. The molecule has 3 rings (SSSR count). The highest BCUT2D eigenvalue weighted by Gasteiger charge is 2.52. The number of aliphatic hydroxyl groups excluding tert-OH is 1. The number of ether oxygens (including phenoxy) is 1. The zero-order valence-electron chi connectivity index (χ0n) is 15.2. The minimum absolute atomic E-state index is 0.167. The van der Waals surface area contributed by atoms with E-state index in [-0.39, 0.29) is 11.1 Å². The Morgan fingerprint density at radius 2 is 1.74 bits per heavy atom. The summed E-state index contributed by atoms with van der Waals surface area (Å²) in [7, 11) is 0. The van der Waals surface area contributed by atoms with Gasteiger partial charge in [-0.05, 0) is 12.5 Å². The molecular weight excluding hydrogens is 346 g/mol. The van der Waals surface area contributed by atoms with Crippen molar-refractivity contribution >= 4 is 23.2 Å². The maximum atomic E-state index is 13.5. The van der Waals surface area contributed by atoms with Crippen LogP contribution in [0.2, 0.25) is 0 Å². The summed E-state index contributed by atoms with van der Waals surface area (Å²) in [6.45, 7) is 2.88. The lowest BCUT2D eigenvalue weighted by Gasteiger charge is -2.41. The largest absolute Gasteiger partial charge is 0.380 e. The number of hydrogen-bond acceptors (Lipinski definition) is 5. The minimum atomic E-state index is -1.70. The average Bonchev–Trinajstić information content (AvgIpc) is 2.68. The van der Waals surface area contributed by atoms with E-state index in [1.807, 2.05) is 55.5 Å². The van der Waals surface area contributed by atoms with E-state index >= 15 is 0 Å². The van der Waals surface area contributed by atoms with Gasteiger partial charge >= 0.3 is 5.91 Å². The zero-order valence-corrected chi connectivity index (χ0v) is 15.2. The molecule has 0 saturated carbocycles. The Hall–Kier alpha value is -2.58. The third-order valence-corrected chi connectivity index (χ3v) is 5.01. The van der Waals surface area contributed by atoms with E-state index in [0.717, 1.165) is 16.8 Å². The number of rotatable bonds is 5. The molecule has 2 amide bonds. The normalized spacial score (nSPS) is 23.8. The van der Waals surface area contributed by atoms with Crippen LogP contribution < -0.4 is 16.0 Å². The van der Waals surface area contributed by atoms with Gasteiger partial charge in [0.25, 0.3) is 0 Å². The van der Waals surface area contributed by atoms with Crippen molar-refractivity contribution < 1.29 is 19.4 Å². The maximum absolute atomic E-state index is 13.5. The van der Waals surface area contributed by atoms with Crippen molar-refractivity contribution in [3.05, 3.63) is 59.7 Å². The maximum Gasteiger partial charge on any atom is 0.356 e. The number of nitrogens with zero attached hydrogens (tertiary/aromatic N) is 1. The van der Waals surface area contributed by atoms with E-state index in [1.165, 1.54) is 0 Å². The van der Waals surface area contributed by atoms with Gasteiger partial charge in [0.1, 0.15) is 17.9 Å². The fraction of sp³-hybridized carbons (Fsp3) is 0.300.